The lowest BCUT2D eigenvalue weighted by Crippen LogP contribution is -2.32. The molecule has 0 aliphatic carbocycles. The van der Waals surface area contributed by atoms with Gasteiger partial charge in [-0.25, -0.2) is 8.42 Å². The normalized spacial score (nSPS) is 11.2. The van der Waals surface area contributed by atoms with E-state index in [2.05, 4.69) is 29.2 Å². The predicted octanol–water partition coefficient (Wildman–Crippen LogP) is 5.82. The van der Waals surface area contributed by atoms with Crippen molar-refractivity contribution in [2.24, 2.45) is 0 Å². The van der Waals surface area contributed by atoms with Gasteiger partial charge in [0.25, 0.3) is 0 Å². The van der Waals surface area contributed by atoms with Crippen molar-refractivity contribution in [3.8, 4) is 11.5 Å². The van der Waals surface area contributed by atoms with Crippen molar-refractivity contribution in [2.75, 3.05) is 10.1 Å². The van der Waals surface area contributed by atoms with E-state index in [-0.39, 0.29) is 12.3 Å². The van der Waals surface area contributed by atoms with Gasteiger partial charge in [0, 0.05) is 6.20 Å². The average molecular weight is 459 g/mol. The predicted molar refractivity (Wildman–Crippen MR) is 132 cm³/mol. The van der Waals surface area contributed by atoms with Gasteiger partial charge in [0.05, 0.1) is 23.7 Å². The summed E-state index contributed by atoms with van der Waals surface area (Å²) in [6, 6.07) is 30.9. The lowest BCUT2D eigenvalue weighted by molar-refractivity contribution is 0.482. The molecule has 4 rings (SSSR count). The van der Waals surface area contributed by atoms with Crippen LogP contribution in [0.3, 0.4) is 0 Å². The number of ether oxygens (including phenoxy) is 1. The summed E-state index contributed by atoms with van der Waals surface area (Å²) in [5.74, 6) is 1.38. The Kier molecular flexibility index (Phi) is 7.05. The van der Waals surface area contributed by atoms with Gasteiger partial charge >= 0.3 is 0 Å². The zero-order chi connectivity index (χ0) is 23.1. The highest BCUT2D eigenvalue weighted by molar-refractivity contribution is 7.92. The molecular formula is C27H26N2O3S. The Hall–Kier alpha value is -3.64. The first-order valence-electron chi connectivity index (χ1n) is 10.8. The molecule has 3 aromatic carbocycles. The van der Waals surface area contributed by atoms with Crippen LogP contribution in [-0.4, -0.2) is 19.2 Å². The lowest BCUT2D eigenvalue weighted by Gasteiger charge is -2.23. The maximum Gasteiger partial charge on any atom is 0.235 e. The molecule has 4 aromatic rings. The van der Waals surface area contributed by atoms with E-state index in [9.17, 15) is 8.42 Å². The second-order valence-electron chi connectivity index (χ2n) is 7.63. The van der Waals surface area contributed by atoms with Gasteiger partial charge in [-0.05, 0) is 73.0 Å². The molecular weight excluding hydrogens is 432 g/mol. The fraction of sp³-hybridized carbons (Fsp3) is 0.148. The quantitative estimate of drug-likeness (QED) is 0.317. The highest BCUT2D eigenvalue weighted by Gasteiger charge is 2.21. The van der Waals surface area contributed by atoms with Crippen LogP contribution in [0.1, 0.15) is 23.7 Å². The van der Waals surface area contributed by atoms with Crippen LogP contribution >= 0.6 is 0 Å². The first kappa shape index (κ1) is 22.6. The monoisotopic (exact) mass is 458 g/mol. The molecule has 0 atom stereocenters. The maximum atomic E-state index is 12.7. The fourth-order valence-electron chi connectivity index (χ4n) is 3.47. The molecule has 0 radical (unpaired) electrons. The molecule has 0 spiro atoms. The van der Waals surface area contributed by atoms with E-state index in [1.165, 1.54) is 15.4 Å². The van der Waals surface area contributed by atoms with Gasteiger partial charge in [0.2, 0.25) is 10.0 Å². The Morgan fingerprint density at radius 1 is 0.758 bits per heavy atom. The highest BCUT2D eigenvalue weighted by atomic mass is 32.2. The number of nitrogens with zero attached hydrogens (tertiary/aromatic N) is 2. The molecule has 0 fully saturated rings. The number of pyridine rings is 1. The Morgan fingerprint density at radius 3 is 1.97 bits per heavy atom. The van der Waals surface area contributed by atoms with Crippen molar-refractivity contribution in [3.05, 3.63) is 120 Å². The second-order valence-corrected chi connectivity index (χ2v) is 9.81. The van der Waals surface area contributed by atoms with Gasteiger partial charge in [-0.3, -0.25) is 9.29 Å². The van der Waals surface area contributed by atoms with Crippen molar-refractivity contribution >= 4 is 15.7 Å². The van der Waals surface area contributed by atoms with E-state index in [4.69, 9.17) is 4.74 Å². The van der Waals surface area contributed by atoms with Crippen LogP contribution in [0.15, 0.2) is 103 Å². The highest BCUT2D eigenvalue weighted by Crippen LogP contribution is 2.27. The van der Waals surface area contributed by atoms with Crippen LogP contribution in [0.4, 0.5) is 5.69 Å². The van der Waals surface area contributed by atoms with Crippen LogP contribution < -0.4 is 9.04 Å². The van der Waals surface area contributed by atoms with E-state index in [1.54, 1.807) is 37.4 Å². The molecule has 5 nitrogen and oxygen atoms in total. The van der Waals surface area contributed by atoms with Gasteiger partial charge in [-0.15, -0.1) is 0 Å². The van der Waals surface area contributed by atoms with Crippen molar-refractivity contribution in [3.63, 3.8) is 0 Å². The molecule has 0 bridgehead atoms. The number of hydrogen-bond acceptors (Lipinski definition) is 4. The van der Waals surface area contributed by atoms with E-state index in [0.717, 1.165) is 12.2 Å². The number of rotatable bonds is 9. The Bertz CT molecular complexity index is 1260. The summed E-state index contributed by atoms with van der Waals surface area (Å²) in [5, 5.41) is 0. The first-order chi connectivity index (χ1) is 16.0. The van der Waals surface area contributed by atoms with Gasteiger partial charge in [-0.2, -0.15) is 0 Å². The molecule has 33 heavy (non-hydrogen) atoms. The summed E-state index contributed by atoms with van der Waals surface area (Å²) in [6.07, 6.45) is 2.53. The van der Waals surface area contributed by atoms with Gasteiger partial charge in [-0.1, -0.05) is 48.5 Å². The minimum atomic E-state index is -3.46. The third-order valence-electron chi connectivity index (χ3n) is 5.27. The first-order valence-corrected chi connectivity index (χ1v) is 12.5. The van der Waals surface area contributed by atoms with Crippen LogP contribution in [0.2, 0.25) is 0 Å². The molecule has 0 aliphatic heterocycles. The molecule has 0 saturated carbocycles. The SMILES string of the molecule is CCS(=O)(=O)N(Cc1ccccn1)c1ccc(Oc2ccc(Cc3ccccc3)cc2)cc1. The van der Waals surface area contributed by atoms with Crippen LogP contribution in [0.25, 0.3) is 0 Å². The molecule has 0 unspecified atom stereocenters. The Balaban J connectivity index is 1.46. The summed E-state index contributed by atoms with van der Waals surface area (Å²) in [6.45, 7) is 1.82. The van der Waals surface area contributed by atoms with E-state index in [1.807, 2.05) is 48.5 Å². The van der Waals surface area contributed by atoms with E-state index < -0.39 is 10.0 Å². The van der Waals surface area contributed by atoms with E-state index in [0.29, 0.717) is 17.1 Å². The number of aromatic nitrogens is 1. The number of sulfonamides is 1. The zero-order valence-electron chi connectivity index (χ0n) is 18.5. The minimum Gasteiger partial charge on any atom is -0.457 e. The molecule has 6 heteroatoms. The third kappa shape index (κ3) is 5.99. The Labute approximate surface area is 195 Å². The second kappa shape index (κ2) is 10.3. The summed E-state index contributed by atoms with van der Waals surface area (Å²) in [4.78, 5) is 4.27. The van der Waals surface area contributed by atoms with Crippen molar-refractivity contribution in [2.45, 2.75) is 19.9 Å². The van der Waals surface area contributed by atoms with Crippen molar-refractivity contribution in [1.82, 2.24) is 4.98 Å². The molecule has 1 heterocycles. The smallest absolute Gasteiger partial charge is 0.235 e. The summed E-state index contributed by atoms with van der Waals surface area (Å²) in [7, 11) is -3.46. The molecule has 1 aromatic heterocycles. The molecule has 0 N–H and O–H groups in total. The lowest BCUT2D eigenvalue weighted by atomic mass is 10.1. The van der Waals surface area contributed by atoms with E-state index >= 15 is 0 Å². The van der Waals surface area contributed by atoms with Gasteiger partial charge in [0.1, 0.15) is 11.5 Å². The Morgan fingerprint density at radius 2 is 1.36 bits per heavy atom. The fourth-order valence-corrected chi connectivity index (χ4v) is 4.55. The number of hydrogen-bond donors (Lipinski definition) is 0. The summed E-state index contributed by atoms with van der Waals surface area (Å²) >= 11 is 0. The average Bonchev–Trinajstić information content (AvgIpc) is 2.86. The van der Waals surface area contributed by atoms with Crippen LogP contribution in [-0.2, 0) is 23.0 Å². The maximum absolute atomic E-state index is 12.7. The summed E-state index contributed by atoms with van der Waals surface area (Å²) in [5.41, 5.74) is 3.73. The van der Waals surface area contributed by atoms with Crippen LogP contribution in [0.5, 0.6) is 11.5 Å². The molecule has 168 valence electrons. The molecule has 0 aliphatic rings. The zero-order valence-corrected chi connectivity index (χ0v) is 19.3. The third-order valence-corrected chi connectivity index (χ3v) is 7.01. The molecule has 0 saturated heterocycles. The summed E-state index contributed by atoms with van der Waals surface area (Å²) < 4.78 is 32.8. The number of benzene rings is 3. The topological polar surface area (TPSA) is 59.5 Å². The van der Waals surface area contributed by atoms with Gasteiger partial charge in [0.15, 0.2) is 0 Å². The van der Waals surface area contributed by atoms with Crippen LogP contribution in [0, 0.1) is 0 Å². The number of anilines is 1. The van der Waals surface area contributed by atoms with Crippen molar-refractivity contribution < 1.29 is 13.2 Å². The van der Waals surface area contributed by atoms with Crippen molar-refractivity contribution in [1.29, 1.82) is 0 Å². The largest absolute Gasteiger partial charge is 0.457 e. The minimum absolute atomic E-state index is 0.00736. The standard InChI is InChI=1S/C27H26N2O3S/c1-2-33(30,31)29(21-24-10-6-7-19-28-24)25-13-17-27(18-14-25)32-26-15-11-23(12-16-26)20-22-8-4-3-5-9-22/h3-19H,2,20-21H2,1H3. The van der Waals surface area contributed by atoms with Gasteiger partial charge < -0.3 is 4.74 Å². The molecule has 0 amide bonds.